The van der Waals surface area contributed by atoms with Crippen molar-refractivity contribution in [3.63, 3.8) is 0 Å². The fourth-order valence-electron chi connectivity index (χ4n) is 3.75. The molecule has 2 heterocycles. The van der Waals surface area contributed by atoms with E-state index in [1.54, 1.807) is 0 Å². The third kappa shape index (κ3) is 3.73. The molecule has 1 atom stereocenters. The maximum absolute atomic E-state index is 4.56. The lowest BCUT2D eigenvalue weighted by molar-refractivity contribution is 0.186. The molecule has 0 spiro atoms. The summed E-state index contributed by atoms with van der Waals surface area (Å²) in [5.41, 5.74) is 1.99. The zero-order chi connectivity index (χ0) is 14.7. The van der Waals surface area contributed by atoms with E-state index in [1.807, 2.05) is 20.0 Å². The Balaban J connectivity index is 1.49. The van der Waals surface area contributed by atoms with Crippen LogP contribution in [0.1, 0.15) is 49.9 Å². The lowest BCUT2D eigenvalue weighted by Crippen LogP contribution is -2.35. The van der Waals surface area contributed by atoms with Gasteiger partial charge >= 0.3 is 0 Å². The van der Waals surface area contributed by atoms with Gasteiger partial charge in [0.2, 0.25) is 0 Å². The predicted octanol–water partition coefficient (Wildman–Crippen LogP) is 3.16. The summed E-state index contributed by atoms with van der Waals surface area (Å²) < 4.78 is 0. The molecule has 21 heavy (non-hydrogen) atoms. The third-order valence-corrected chi connectivity index (χ3v) is 5.04. The molecule has 0 bridgehead atoms. The van der Waals surface area contributed by atoms with Gasteiger partial charge in [-0.2, -0.15) is 0 Å². The second-order valence-corrected chi connectivity index (χ2v) is 6.77. The van der Waals surface area contributed by atoms with Gasteiger partial charge in [-0.1, -0.05) is 19.3 Å². The molecular weight excluding hydrogens is 260 g/mol. The molecule has 1 saturated heterocycles. The zero-order valence-corrected chi connectivity index (χ0v) is 13.4. The van der Waals surface area contributed by atoms with Crippen LogP contribution in [0.15, 0.2) is 6.20 Å². The minimum Gasteiger partial charge on any atom is -0.368 e. The number of aromatic nitrogens is 2. The van der Waals surface area contributed by atoms with Crippen molar-refractivity contribution in [2.24, 2.45) is 5.92 Å². The van der Waals surface area contributed by atoms with Crippen LogP contribution in [0.25, 0.3) is 0 Å². The minimum atomic E-state index is 0.758. The van der Waals surface area contributed by atoms with Gasteiger partial charge in [0.1, 0.15) is 5.82 Å². The van der Waals surface area contributed by atoms with Gasteiger partial charge in [-0.15, -0.1) is 0 Å². The first-order valence-corrected chi connectivity index (χ1v) is 8.50. The fourth-order valence-corrected chi connectivity index (χ4v) is 3.75. The average Bonchev–Trinajstić information content (AvgIpc) is 2.98. The molecule has 0 aromatic carbocycles. The highest BCUT2D eigenvalue weighted by Gasteiger charge is 2.28. The van der Waals surface area contributed by atoms with Crippen LogP contribution in [-0.4, -0.2) is 40.5 Å². The molecule has 1 aliphatic heterocycles. The Labute approximate surface area is 128 Å². The SMILES string of the molecule is Cc1cnc(C)c(NC[C@H]2CCN(C3CCCCC3)C2)n1. The molecule has 1 saturated carbocycles. The Kier molecular flexibility index (Phi) is 4.73. The molecule has 1 aromatic rings. The van der Waals surface area contributed by atoms with Crippen LogP contribution in [0.2, 0.25) is 0 Å². The summed E-state index contributed by atoms with van der Waals surface area (Å²) >= 11 is 0. The largest absolute Gasteiger partial charge is 0.368 e. The molecule has 1 aromatic heterocycles. The van der Waals surface area contributed by atoms with Gasteiger partial charge in [-0.3, -0.25) is 4.98 Å². The van der Waals surface area contributed by atoms with Crippen molar-refractivity contribution < 1.29 is 0 Å². The molecule has 2 fully saturated rings. The van der Waals surface area contributed by atoms with Crippen LogP contribution in [0.4, 0.5) is 5.82 Å². The number of anilines is 1. The number of aryl methyl sites for hydroxylation is 2. The molecule has 0 unspecified atom stereocenters. The highest BCUT2D eigenvalue weighted by atomic mass is 15.2. The van der Waals surface area contributed by atoms with Crippen molar-refractivity contribution in [3.05, 3.63) is 17.6 Å². The molecule has 2 aliphatic rings. The maximum Gasteiger partial charge on any atom is 0.147 e. The first-order valence-electron chi connectivity index (χ1n) is 8.50. The number of nitrogens with zero attached hydrogens (tertiary/aromatic N) is 3. The summed E-state index contributed by atoms with van der Waals surface area (Å²) in [7, 11) is 0. The summed E-state index contributed by atoms with van der Waals surface area (Å²) in [5.74, 6) is 1.72. The van der Waals surface area contributed by atoms with Crippen molar-refractivity contribution in [3.8, 4) is 0 Å². The molecule has 3 rings (SSSR count). The first kappa shape index (κ1) is 14.8. The van der Waals surface area contributed by atoms with Crippen molar-refractivity contribution in [2.75, 3.05) is 25.0 Å². The topological polar surface area (TPSA) is 41.1 Å². The van der Waals surface area contributed by atoms with Gasteiger partial charge < -0.3 is 10.2 Å². The van der Waals surface area contributed by atoms with E-state index in [2.05, 4.69) is 20.2 Å². The van der Waals surface area contributed by atoms with E-state index in [0.29, 0.717) is 0 Å². The van der Waals surface area contributed by atoms with E-state index < -0.39 is 0 Å². The van der Waals surface area contributed by atoms with Crippen molar-refractivity contribution in [2.45, 2.75) is 58.4 Å². The summed E-state index contributed by atoms with van der Waals surface area (Å²) in [6.07, 6.45) is 10.3. The molecule has 0 radical (unpaired) electrons. The Morgan fingerprint density at radius 1 is 1.19 bits per heavy atom. The summed E-state index contributed by atoms with van der Waals surface area (Å²) in [6.45, 7) is 7.60. The molecule has 4 heteroatoms. The van der Waals surface area contributed by atoms with Crippen molar-refractivity contribution in [1.82, 2.24) is 14.9 Å². The summed E-state index contributed by atoms with van der Waals surface area (Å²) in [6, 6.07) is 0.865. The van der Waals surface area contributed by atoms with E-state index >= 15 is 0 Å². The van der Waals surface area contributed by atoms with Gasteiger partial charge in [0.15, 0.2) is 0 Å². The number of rotatable bonds is 4. The summed E-state index contributed by atoms with van der Waals surface area (Å²) in [5, 5.41) is 3.52. The van der Waals surface area contributed by atoms with Gasteiger partial charge in [-0.05, 0) is 45.6 Å². The maximum atomic E-state index is 4.56. The second kappa shape index (κ2) is 6.73. The number of hydrogen-bond donors (Lipinski definition) is 1. The van der Waals surface area contributed by atoms with E-state index in [-0.39, 0.29) is 0 Å². The Morgan fingerprint density at radius 2 is 2.00 bits per heavy atom. The minimum absolute atomic E-state index is 0.758. The second-order valence-electron chi connectivity index (χ2n) is 6.77. The number of likely N-dealkylation sites (tertiary alicyclic amines) is 1. The smallest absolute Gasteiger partial charge is 0.147 e. The Bertz CT molecular complexity index is 468. The molecule has 1 aliphatic carbocycles. The van der Waals surface area contributed by atoms with Crippen molar-refractivity contribution in [1.29, 1.82) is 0 Å². The van der Waals surface area contributed by atoms with Crippen molar-refractivity contribution >= 4 is 5.82 Å². The van der Waals surface area contributed by atoms with Crippen LogP contribution < -0.4 is 5.32 Å². The Hall–Kier alpha value is -1.16. The molecule has 116 valence electrons. The van der Waals surface area contributed by atoms with E-state index in [0.717, 1.165) is 35.7 Å². The van der Waals surface area contributed by atoms with Crippen LogP contribution in [0.5, 0.6) is 0 Å². The fraction of sp³-hybridized carbons (Fsp3) is 0.765. The number of nitrogens with one attached hydrogen (secondary N) is 1. The van der Waals surface area contributed by atoms with Crippen LogP contribution >= 0.6 is 0 Å². The highest BCUT2D eigenvalue weighted by Crippen LogP contribution is 2.27. The van der Waals surface area contributed by atoms with Gasteiger partial charge in [-0.25, -0.2) is 4.98 Å². The first-order chi connectivity index (χ1) is 10.2. The summed E-state index contributed by atoms with van der Waals surface area (Å²) in [4.78, 5) is 11.7. The predicted molar refractivity (Wildman–Crippen MR) is 86.5 cm³/mol. The van der Waals surface area contributed by atoms with E-state index in [1.165, 1.54) is 51.6 Å². The van der Waals surface area contributed by atoms with Crippen LogP contribution in [0.3, 0.4) is 0 Å². The molecular formula is C17H28N4. The monoisotopic (exact) mass is 288 g/mol. The molecule has 1 N–H and O–H groups in total. The zero-order valence-electron chi connectivity index (χ0n) is 13.4. The van der Waals surface area contributed by atoms with Gasteiger partial charge in [0.05, 0.1) is 11.4 Å². The lowest BCUT2D eigenvalue weighted by atomic mass is 9.94. The van der Waals surface area contributed by atoms with Gasteiger partial charge in [0.25, 0.3) is 0 Å². The van der Waals surface area contributed by atoms with Crippen LogP contribution in [0, 0.1) is 19.8 Å². The van der Waals surface area contributed by atoms with E-state index in [4.69, 9.17) is 0 Å². The normalized spacial score (nSPS) is 24.4. The standard InChI is InChI=1S/C17H28N4/c1-13-10-18-14(2)17(20-13)19-11-15-8-9-21(12-15)16-6-4-3-5-7-16/h10,15-16H,3-9,11-12H2,1-2H3,(H,19,20)/t15-/m1/s1. The Morgan fingerprint density at radius 3 is 2.81 bits per heavy atom. The third-order valence-electron chi connectivity index (χ3n) is 5.04. The molecule has 4 nitrogen and oxygen atoms in total. The number of hydrogen-bond acceptors (Lipinski definition) is 4. The quantitative estimate of drug-likeness (QED) is 0.924. The van der Waals surface area contributed by atoms with Crippen LogP contribution in [-0.2, 0) is 0 Å². The highest BCUT2D eigenvalue weighted by molar-refractivity contribution is 5.39. The average molecular weight is 288 g/mol. The molecule has 0 amide bonds. The van der Waals surface area contributed by atoms with Gasteiger partial charge in [0, 0.05) is 25.3 Å². The lowest BCUT2D eigenvalue weighted by Gasteiger charge is -2.31. The van der Waals surface area contributed by atoms with E-state index in [9.17, 15) is 0 Å².